The Kier molecular flexibility index (Phi) is 7.95. The molecule has 1 amide bonds. The van der Waals surface area contributed by atoms with Crippen molar-refractivity contribution in [1.82, 2.24) is 0 Å². The molecule has 0 saturated heterocycles. The summed E-state index contributed by atoms with van der Waals surface area (Å²) in [7, 11) is 0. The standard InChI is InChI=1S/C20H22ClNO5/c1-3-10-26-19-16(21)11-14(12-17(19)25-4-2)20(24)27-13-18(23)22-15-8-6-5-7-9-15/h5-9,11-12H,3-4,10,13H2,1-2H3,(H,22,23). The highest BCUT2D eigenvalue weighted by molar-refractivity contribution is 6.32. The van der Waals surface area contributed by atoms with Crippen molar-refractivity contribution in [1.29, 1.82) is 0 Å². The molecule has 6 nitrogen and oxygen atoms in total. The van der Waals surface area contributed by atoms with E-state index in [2.05, 4.69) is 5.32 Å². The minimum atomic E-state index is -0.678. The Hall–Kier alpha value is -2.73. The Morgan fingerprint density at radius 2 is 1.81 bits per heavy atom. The van der Waals surface area contributed by atoms with Crippen LogP contribution < -0.4 is 14.8 Å². The van der Waals surface area contributed by atoms with Crippen LogP contribution in [0.25, 0.3) is 0 Å². The second-order valence-corrected chi connectivity index (χ2v) is 5.96. The van der Waals surface area contributed by atoms with Crippen molar-refractivity contribution in [2.24, 2.45) is 0 Å². The Labute approximate surface area is 163 Å². The molecule has 0 aromatic heterocycles. The van der Waals surface area contributed by atoms with Crippen molar-refractivity contribution >= 4 is 29.2 Å². The molecule has 0 spiro atoms. The number of nitrogens with one attached hydrogen (secondary N) is 1. The van der Waals surface area contributed by atoms with Gasteiger partial charge in [-0.25, -0.2) is 4.79 Å². The van der Waals surface area contributed by atoms with Crippen LogP contribution in [0.3, 0.4) is 0 Å². The fourth-order valence-electron chi connectivity index (χ4n) is 2.23. The molecule has 0 unspecified atom stereocenters. The number of anilines is 1. The molecule has 144 valence electrons. The Bertz CT molecular complexity index is 779. The smallest absolute Gasteiger partial charge is 0.338 e. The zero-order valence-electron chi connectivity index (χ0n) is 15.3. The van der Waals surface area contributed by atoms with Gasteiger partial charge in [0.2, 0.25) is 0 Å². The lowest BCUT2D eigenvalue weighted by Gasteiger charge is -2.14. The minimum absolute atomic E-state index is 0.180. The highest BCUT2D eigenvalue weighted by atomic mass is 35.5. The van der Waals surface area contributed by atoms with Crippen LogP contribution in [0.1, 0.15) is 30.6 Å². The third kappa shape index (κ3) is 6.18. The molecule has 0 saturated carbocycles. The molecule has 2 aromatic carbocycles. The number of benzene rings is 2. The minimum Gasteiger partial charge on any atom is -0.490 e. The summed E-state index contributed by atoms with van der Waals surface area (Å²) in [4.78, 5) is 24.2. The van der Waals surface area contributed by atoms with E-state index in [1.165, 1.54) is 12.1 Å². The summed E-state index contributed by atoms with van der Waals surface area (Å²) in [5, 5.41) is 2.88. The number of carbonyl (C=O) groups excluding carboxylic acids is 2. The van der Waals surface area contributed by atoms with Gasteiger partial charge in [-0.1, -0.05) is 36.7 Å². The molecule has 0 heterocycles. The third-order valence-corrected chi connectivity index (χ3v) is 3.67. The number of para-hydroxylation sites is 1. The monoisotopic (exact) mass is 391 g/mol. The van der Waals surface area contributed by atoms with Crippen LogP contribution in [-0.4, -0.2) is 31.7 Å². The predicted molar refractivity (Wildman–Crippen MR) is 104 cm³/mol. The van der Waals surface area contributed by atoms with Gasteiger partial charge in [-0.15, -0.1) is 0 Å². The van der Waals surface area contributed by atoms with E-state index >= 15 is 0 Å². The van der Waals surface area contributed by atoms with Crippen LogP contribution >= 0.6 is 11.6 Å². The van der Waals surface area contributed by atoms with E-state index in [0.29, 0.717) is 30.4 Å². The zero-order valence-corrected chi connectivity index (χ0v) is 16.0. The number of amides is 1. The summed E-state index contributed by atoms with van der Waals surface area (Å²) in [5.74, 6) is -0.366. The van der Waals surface area contributed by atoms with E-state index in [4.69, 9.17) is 25.8 Å². The second-order valence-electron chi connectivity index (χ2n) is 5.56. The Balaban J connectivity index is 2.03. The molecule has 0 aliphatic rings. The van der Waals surface area contributed by atoms with E-state index < -0.39 is 18.5 Å². The van der Waals surface area contributed by atoms with Crippen LogP contribution in [0.2, 0.25) is 5.02 Å². The molecule has 1 N–H and O–H groups in total. The molecule has 7 heteroatoms. The van der Waals surface area contributed by atoms with Crippen molar-refractivity contribution in [3.05, 3.63) is 53.1 Å². The fraction of sp³-hybridized carbons (Fsp3) is 0.300. The maximum Gasteiger partial charge on any atom is 0.338 e. The number of hydrogen-bond acceptors (Lipinski definition) is 5. The largest absolute Gasteiger partial charge is 0.490 e. The van der Waals surface area contributed by atoms with Gasteiger partial charge in [0.15, 0.2) is 18.1 Å². The van der Waals surface area contributed by atoms with E-state index in [1.807, 2.05) is 19.9 Å². The number of carbonyl (C=O) groups is 2. The number of halogens is 1. The number of ether oxygens (including phenoxy) is 3. The average molecular weight is 392 g/mol. The van der Waals surface area contributed by atoms with Gasteiger partial charge in [-0.3, -0.25) is 4.79 Å². The first kappa shape index (κ1) is 20.6. The molecule has 0 aliphatic heterocycles. The predicted octanol–water partition coefficient (Wildman–Crippen LogP) is 4.32. The molecule has 0 bridgehead atoms. The second kappa shape index (κ2) is 10.4. The van der Waals surface area contributed by atoms with E-state index in [9.17, 15) is 9.59 Å². The van der Waals surface area contributed by atoms with Gasteiger partial charge >= 0.3 is 5.97 Å². The molecule has 0 fully saturated rings. The topological polar surface area (TPSA) is 73.9 Å². The van der Waals surface area contributed by atoms with Crippen molar-refractivity contribution in [3.8, 4) is 11.5 Å². The quantitative estimate of drug-likeness (QED) is 0.644. The first-order valence-corrected chi connectivity index (χ1v) is 9.04. The summed E-state index contributed by atoms with van der Waals surface area (Å²) in [6.45, 7) is 4.24. The molecule has 0 radical (unpaired) electrons. The summed E-state index contributed by atoms with van der Waals surface area (Å²) in [6.07, 6.45) is 0.808. The van der Waals surface area contributed by atoms with Crippen molar-refractivity contribution in [2.45, 2.75) is 20.3 Å². The van der Waals surface area contributed by atoms with Gasteiger partial charge in [0.05, 0.1) is 23.8 Å². The van der Waals surface area contributed by atoms with Gasteiger partial charge in [0.25, 0.3) is 5.91 Å². The maximum atomic E-state index is 12.3. The molecule has 0 atom stereocenters. The summed E-state index contributed by atoms with van der Waals surface area (Å²) in [6, 6.07) is 11.8. The normalized spacial score (nSPS) is 10.2. The SMILES string of the molecule is CCCOc1c(Cl)cc(C(=O)OCC(=O)Nc2ccccc2)cc1OCC. The van der Waals surface area contributed by atoms with Gasteiger partial charge < -0.3 is 19.5 Å². The van der Waals surface area contributed by atoms with E-state index in [0.717, 1.165) is 6.42 Å². The lowest BCUT2D eigenvalue weighted by Crippen LogP contribution is -2.21. The molecule has 27 heavy (non-hydrogen) atoms. The first-order valence-electron chi connectivity index (χ1n) is 8.66. The van der Waals surface area contributed by atoms with E-state index in [1.54, 1.807) is 24.3 Å². The summed E-state index contributed by atoms with van der Waals surface area (Å²) >= 11 is 6.23. The molecule has 2 rings (SSSR count). The first-order chi connectivity index (χ1) is 13.0. The van der Waals surface area contributed by atoms with E-state index in [-0.39, 0.29) is 10.6 Å². The maximum absolute atomic E-state index is 12.3. The zero-order chi connectivity index (χ0) is 19.6. The molecule has 2 aromatic rings. The molecule has 0 aliphatic carbocycles. The van der Waals surface area contributed by atoms with Crippen LogP contribution in [0.5, 0.6) is 11.5 Å². The van der Waals surface area contributed by atoms with Crippen LogP contribution in [0.4, 0.5) is 5.69 Å². The average Bonchev–Trinajstić information content (AvgIpc) is 2.66. The highest BCUT2D eigenvalue weighted by Gasteiger charge is 2.18. The van der Waals surface area contributed by atoms with Gasteiger partial charge in [-0.05, 0) is 37.6 Å². The van der Waals surface area contributed by atoms with Crippen LogP contribution in [-0.2, 0) is 9.53 Å². The van der Waals surface area contributed by atoms with Crippen molar-refractivity contribution < 1.29 is 23.8 Å². The number of hydrogen-bond donors (Lipinski definition) is 1. The lowest BCUT2D eigenvalue weighted by atomic mass is 10.2. The molecular weight excluding hydrogens is 370 g/mol. The Morgan fingerprint density at radius 1 is 1.07 bits per heavy atom. The van der Waals surface area contributed by atoms with Gasteiger partial charge in [0, 0.05) is 5.69 Å². The third-order valence-electron chi connectivity index (χ3n) is 3.39. The van der Waals surface area contributed by atoms with Gasteiger partial charge in [-0.2, -0.15) is 0 Å². The fourth-order valence-corrected chi connectivity index (χ4v) is 2.49. The van der Waals surface area contributed by atoms with Gasteiger partial charge in [0.1, 0.15) is 0 Å². The number of esters is 1. The lowest BCUT2D eigenvalue weighted by molar-refractivity contribution is -0.119. The summed E-state index contributed by atoms with van der Waals surface area (Å²) < 4.78 is 16.2. The van der Waals surface area contributed by atoms with Crippen molar-refractivity contribution in [2.75, 3.05) is 25.1 Å². The molecular formula is C20H22ClNO5. The van der Waals surface area contributed by atoms with Crippen LogP contribution in [0, 0.1) is 0 Å². The number of rotatable bonds is 9. The highest BCUT2D eigenvalue weighted by Crippen LogP contribution is 2.37. The van der Waals surface area contributed by atoms with Crippen molar-refractivity contribution in [3.63, 3.8) is 0 Å². The Morgan fingerprint density at radius 3 is 2.48 bits per heavy atom. The summed E-state index contributed by atoms with van der Waals surface area (Å²) in [5.41, 5.74) is 0.803. The van der Waals surface area contributed by atoms with Crippen LogP contribution in [0.15, 0.2) is 42.5 Å².